The first-order valence-corrected chi connectivity index (χ1v) is 10.2. The van der Waals surface area contributed by atoms with Crippen molar-refractivity contribution < 1.29 is 13.2 Å². The third kappa shape index (κ3) is 4.45. The first kappa shape index (κ1) is 20.1. The second-order valence-corrected chi connectivity index (χ2v) is 8.16. The predicted octanol–water partition coefficient (Wildman–Crippen LogP) is 3.93. The molecule has 1 amide bonds. The van der Waals surface area contributed by atoms with Gasteiger partial charge in [-0.3, -0.25) is 9.52 Å². The molecule has 0 atom stereocenters. The first-order chi connectivity index (χ1) is 13.8. The number of carbonyl (C=O) groups is 1. The summed E-state index contributed by atoms with van der Waals surface area (Å²) in [6, 6.07) is 17.6. The number of sulfonamides is 1. The van der Waals surface area contributed by atoms with Crippen molar-refractivity contribution in [3.05, 3.63) is 72.4 Å². The lowest BCUT2D eigenvalue weighted by Crippen LogP contribution is -2.24. The van der Waals surface area contributed by atoms with Crippen molar-refractivity contribution in [2.75, 3.05) is 9.62 Å². The van der Waals surface area contributed by atoms with Gasteiger partial charge in [-0.1, -0.05) is 48.4 Å². The van der Waals surface area contributed by atoms with Gasteiger partial charge in [0.2, 0.25) is 0 Å². The van der Waals surface area contributed by atoms with E-state index in [0.717, 1.165) is 15.9 Å². The SMILES string of the molecule is C#CN(C(=O)C=C(C)C)c1ccc(NS(=O)(=O)c2cccc3ccccc23)cn1. The molecule has 1 heterocycles. The van der Waals surface area contributed by atoms with Gasteiger partial charge in [0.1, 0.15) is 5.82 Å². The summed E-state index contributed by atoms with van der Waals surface area (Å²) in [7, 11) is -3.83. The van der Waals surface area contributed by atoms with E-state index in [0.29, 0.717) is 5.39 Å². The number of rotatable bonds is 5. The van der Waals surface area contributed by atoms with Crippen molar-refractivity contribution >= 4 is 38.2 Å². The molecule has 0 bridgehead atoms. The molecule has 1 N–H and O–H groups in total. The fraction of sp³-hybridized carbons (Fsp3) is 0.0909. The van der Waals surface area contributed by atoms with E-state index in [9.17, 15) is 13.2 Å². The van der Waals surface area contributed by atoms with Crippen LogP contribution in [-0.2, 0) is 14.8 Å². The standard InChI is InChI=1S/C22H19N3O3S/c1-4-25(22(26)14-16(2)3)21-13-12-18(15-23-21)24-29(27,28)20-11-7-9-17-8-5-6-10-19(17)20/h1,5-15,24H,2-3H3. The second kappa shape index (κ2) is 8.17. The van der Waals surface area contributed by atoms with Crippen LogP contribution >= 0.6 is 0 Å². The fourth-order valence-electron chi connectivity index (χ4n) is 2.77. The summed E-state index contributed by atoms with van der Waals surface area (Å²) < 4.78 is 28.3. The Morgan fingerprint density at radius 1 is 1.10 bits per heavy atom. The van der Waals surface area contributed by atoms with Crippen molar-refractivity contribution in [3.8, 4) is 12.5 Å². The van der Waals surface area contributed by atoms with Gasteiger partial charge in [0.05, 0.1) is 16.8 Å². The number of anilines is 2. The molecule has 1 aromatic heterocycles. The molecule has 0 aliphatic carbocycles. The Balaban J connectivity index is 1.88. The maximum absolute atomic E-state index is 12.9. The highest BCUT2D eigenvalue weighted by atomic mass is 32.2. The second-order valence-electron chi connectivity index (χ2n) is 6.51. The van der Waals surface area contributed by atoms with Crippen LogP contribution < -0.4 is 9.62 Å². The molecular formula is C22H19N3O3S. The Kier molecular flexibility index (Phi) is 5.66. The fourth-order valence-corrected chi connectivity index (χ4v) is 4.05. The summed E-state index contributed by atoms with van der Waals surface area (Å²) in [4.78, 5) is 17.5. The summed E-state index contributed by atoms with van der Waals surface area (Å²) in [6.07, 6.45) is 8.14. The first-order valence-electron chi connectivity index (χ1n) is 8.74. The molecule has 3 rings (SSSR count). The number of aromatic nitrogens is 1. The summed E-state index contributed by atoms with van der Waals surface area (Å²) in [5, 5.41) is 1.45. The molecule has 7 heteroatoms. The van der Waals surface area contributed by atoms with E-state index in [4.69, 9.17) is 6.42 Å². The van der Waals surface area contributed by atoms with Gasteiger partial charge < -0.3 is 0 Å². The molecule has 29 heavy (non-hydrogen) atoms. The molecule has 0 fully saturated rings. The van der Waals surface area contributed by atoms with Gasteiger partial charge >= 0.3 is 0 Å². The van der Waals surface area contributed by atoms with Crippen molar-refractivity contribution in [2.45, 2.75) is 18.7 Å². The Labute approximate surface area is 169 Å². The smallest absolute Gasteiger partial charge is 0.263 e. The van der Waals surface area contributed by atoms with Crippen LogP contribution in [0, 0.1) is 12.5 Å². The third-order valence-electron chi connectivity index (χ3n) is 4.03. The summed E-state index contributed by atoms with van der Waals surface area (Å²) in [5.41, 5.74) is 1.06. The Hall–Kier alpha value is -3.63. The number of pyridine rings is 1. The highest BCUT2D eigenvalue weighted by Gasteiger charge is 2.18. The maximum atomic E-state index is 12.9. The zero-order valence-electron chi connectivity index (χ0n) is 16.0. The van der Waals surface area contributed by atoms with Gasteiger partial charge in [-0.05, 0) is 37.4 Å². The number of nitrogens with one attached hydrogen (secondary N) is 1. The van der Waals surface area contributed by atoms with Gasteiger partial charge in [0.15, 0.2) is 0 Å². The minimum atomic E-state index is -3.83. The predicted molar refractivity (Wildman–Crippen MR) is 115 cm³/mol. The molecule has 6 nitrogen and oxygen atoms in total. The summed E-state index contributed by atoms with van der Waals surface area (Å²) >= 11 is 0. The molecule has 0 aliphatic heterocycles. The molecule has 0 saturated heterocycles. The van der Waals surface area contributed by atoms with E-state index < -0.39 is 15.9 Å². The minimum Gasteiger partial charge on any atom is -0.278 e. The van der Waals surface area contributed by atoms with Gasteiger partial charge in [-0.2, -0.15) is 0 Å². The highest BCUT2D eigenvalue weighted by molar-refractivity contribution is 7.93. The number of carbonyl (C=O) groups excluding carboxylic acids is 1. The zero-order valence-corrected chi connectivity index (χ0v) is 16.8. The Morgan fingerprint density at radius 3 is 2.48 bits per heavy atom. The van der Waals surface area contributed by atoms with Gasteiger partial charge in [-0.15, -0.1) is 0 Å². The van der Waals surface area contributed by atoms with E-state index in [1.54, 1.807) is 38.1 Å². The quantitative estimate of drug-likeness (QED) is 0.396. The average Bonchev–Trinajstić information content (AvgIpc) is 2.68. The number of nitrogens with zero attached hydrogens (tertiary/aromatic N) is 2. The topological polar surface area (TPSA) is 79.4 Å². The van der Waals surface area contributed by atoms with Crippen LogP contribution in [0.5, 0.6) is 0 Å². The van der Waals surface area contributed by atoms with Crippen LogP contribution in [0.15, 0.2) is 77.3 Å². The van der Waals surface area contributed by atoms with Gasteiger partial charge in [0.25, 0.3) is 15.9 Å². The van der Waals surface area contributed by atoms with Crippen LogP contribution in [-0.4, -0.2) is 19.3 Å². The van der Waals surface area contributed by atoms with Gasteiger partial charge in [-0.25, -0.2) is 18.3 Å². The normalized spacial score (nSPS) is 10.8. The molecule has 3 aromatic rings. The van der Waals surface area contributed by atoms with Crippen molar-refractivity contribution in [1.82, 2.24) is 4.98 Å². The molecule has 0 spiro atoms. The molecule has 0 radical (unpaired) electrons. The lowest BCUT2D eigenvalue weighted by Gasteiger charge is -2.14. The minimum absolute atomic E-state index is 0.170. The molecule has 0 aliphatic rings. The molecule has 0 unspecified atom stereocenters. The Morgan fingerprint density at radius 2 is 1.83 bits per heavy atom. The van der Waals surface area contributed by atoms with E-state index in [1.165, 1.54) is 24.4 Å². The molecular weight excluding hydrogens is 386 g/mol. The molecule has 2 aromatic carbocycles. The van der Waals surface area contributed by atoms with Gasteiger partial charge in [0, 0.05) is 17.5 Å². The van der Waals surface area contributed by atoms with Crippen molar-refractivity contribution in [3.63, 3.8) is 0 Å². The van der Waals surface area contributed by atoms with Crippen LogP contribution in [0.1, 0.15) is 13.8 Å². The number of terminal acetylenes is 1. The Bertz CT molecular complexity index is 1230. The largest absolute Gasteiger partial charge is 0.278 e. The third-order valence-corrected chi connectivity index (χ3v) is 5.47. The number of hydrogen-bond acceptors (Lipinski definition) is 4. The van der Waals surface area contributed by atoms with E-state index in [1.807, 2.05) is 18.2 Å². The van der Waals surface area contributed by atoms with Crippen molar-refractivity contribution in [2.24, 2.45) is 0 Å². The number of benzene rings is 2. The number of hydrogen-bond donors (Lipinski definition) is 1. The van der Waals surface area contributed by atoms with E-state index >= 15 is 0 Å². The zero-order chi connectivity index (χ0) is 21.0. The lowest BCUT2D eigenvalue weighted by atomic mass is 10.1. The number of fused-ring (bicyclic) bond motifs is 1. The lowest BCUT2D eigenvalue weighted by molar-refractivity contribution is -0.113. The van der Waals surface area contributed by atoms with Crippen molar-refractivity contribution in [1.29, 1.82) is 0 Å². The average molecular weight is 405 g/mol. The number of amides is 1. The summed E-state index contributed by atoms with van der Waals surface area (Å²) in [6.45, 7) is 3.57. The van der Waals surface area contributed by atoms with Crippen LogP contribution in [0.25, 0.3) is 10.8 Å². The monoisotopic (exact) mass is 405 g/mol. The van der Waals surface area contributed by atoms with E-state index in [-0.39, 0.29) is 16.4 Å². The highest BCUT2D eigenvalue weighted by Crippen LogP contribution is 2.25. The van der Waals surface area contributed by atoms with Crippen LogP contribution in [0.2, 0.25) is 0 Å². The van der Waals surface area contributed by atoms with E-state index in [2.05, 4.69) is 15.8 Å². The summed E-state index contributed by atoms with van der Waals surface area (Å²) in [5.74, 6) is -0.174. The van der Waals surface area contributed by atoms with Crippen LogP contribution in [0.3, 0.4) is 0 Å². The molecule has 0 saturated carbocycles. The molecule has 146 valence electrons. The number of allylic oxidation sites excluding steroid dienone is 1. The maximum Gasteiger partial charge on any atom is 0.263 e. The van der Waals surface area contributed by atoms with Crippen LogP contribution in [0.4, 0.5) is 11.5 Å².